The zero-order valence-corrected chi connectivity index (χ0v) is 11.2. The first-order valence-electron chi connectivity index (χ1n) is 6.04. The van der Waals surface area contributed by atoms with E-state index in [9.17, 15) is 4.79 Å². The van der Waals surface area contributed by atoms with Gasteiger partial charge in [-0.3, -0.25) is 4.79 Å². The highest BCUT2D eigenvalue weighted by atomic mass is 32.1. The lowest BCUT2D eigenvalue weighted by Crippen LogP contribution is -2.14. The lowest BCUT2D eigenvalue weighted by Gasteiger charge is -2.11. The van der Waals surface area contributed by atoms with Crippen molar-refractivity contribution in [3.8, 4) is 0 Å². The molecule has 17 heavy (non-hydrogen) atoms. The summed E-state index contributed by atoms with van der Waals surface area (Å²) in [5.74, 6) is -0.774. The van der Waals surface area contributed by atoms with Crippen LogP contribution in [0.5, 0.6) is 0 Å². The zero-order valence-electron chi connectivity index (χ0n) is 10.4. The molecular formula is C12H20N2O2S. The van der Waals surface area contributed by atoms with Gasteiger partial charge < -0.3 is 10.4 Å². The Kier molecular flexibility index (Phi) is 5.97. The molecule has 0 aliphatic rings. The molecule has 0 saturated carbocycles. The normalized spacial score (nSPS) is 12.4. The molecule has 1 heterocycles. The highest BCUT2D eigenvalue weighted by Gasteiger charge is 2.07. The summed E-state index contributed by atoms with van der Waals surface area (Å²) in [4.78, 5) is 14.8. The van der Waals surface area contributed by atoms with E-state index in [-0.39, 0.29) is 6.42 Å². The van der Waals surface area contributed by atoms with Gasteiger partial charge in [-0.15, -0.1) is 11.3 Å². The number of carbonyl (C=O) groups is 1. The monoisotopic (exact) mass is 256 g/mol. The second-order valence-corrected chi connectivity index (χ2v) is 5.08. The summed E-state index contributed by atoms with van der Waals surface area (Å²) < 4.78 is 0. The van der Waals surface area contributed by atoms with E-state index in [0.717, 1.165) is 17.2 Å². The lowest BCUT2D eigenvalue weighted by molar-refractivity contribution is -0.136. The quantitative estimate of drug-likeness (QED) is 0.750. The first kappa shape index (κ1) is 14.0. The molecule has 4 nitrogen and oxygen atoms in total. The fourth-order valence-corrected chi connectivity index (χ4v) is 2.37. The number of rotatable bonds is 8. The Labute approximate surface area is 106 Å². The Balaban J connectivity index is 2.37. The molecule has 0 aliphatic carbocycles. The SMILES string of the molecule is CCCCC(C)Nc1nc(CCC(=O)O)cs1. The van der Waals surface area contributed by atoms with E-state index in [1.165, 1.54) is 12.8 Å². The maximum atomic E-state index is 10.4. The summed E-state index contributed by atoms with van der Waals surface area (Å²) in [6.45, 7) is 4.33. The minimum atomic E-state index is -0.774. The number of carboxylic acid groups (broad SMARTS) is 1. The van der Waals surface area contributed by atoms with Crippen LogP contribution in [-0.2, 0) is 11.2 Å². The highest BCUT2D eigenvalue weighted by Crippen LogP contribution is 2.18. The van der Waals surface area contributed by atoms with Gasteiger partial charge in [0.25, 0.3) is 0 Å². The van der Waals surface area contributed by atoms with Gasteiger partial charge in [-0.1, -0.05) is 19.8 Å². The van der Waals surface area contributed by atoms with Crippen molar-refractivity contribution in [2.45, 2.75) is 52.0 Å². The van der Waals surface area contributed by atoms with Gasteiger partial charge in [0.1, 0.15) is 0 Å². The number of carboxylic acids is 1. The van der Waals surface area contributed by atoms with Gasteiger partial charge in [0.2, 0.25) is 0 Å². The third-order valence-electron chi connectivity index (χ3n) is 2.51. The first-order chi connectivity index (χ1) is 8.11. The van der Waals surface area contributed by atoms with E-state index in [4.69, 9.17) is 5.11 Å². The Hall–Kier alpha value is -1.10. The fourth-order valence-electron chi connectivity index (χ4n) is 1.52. The third-order valence-corrected chi connectivity index (χ3v) is 3.33. The molecule has 0 aromatic carbocycles. The third kappa shape index (κ3) is 5.68. The standard InChI is InChI=1S/C12H20N2O2S/c1-3-4-5-9(2)13-12-14-10(8-17-12)6-7-11(15)16/h8-9H,3-7H2,1-2H3,(H,13,14)(H,15,16). The van der Waals surface area contributed by atoms with Crippen LogP contribution >= 0.6 is 11.3 Å². The molecule has 1 unspecified atom stereocenters. The molecule has 0 radical (unpaired) electrons. The molecular weight excluding hydrogens is 236 g/mol. The van der Waals surface area contributed by atoms with Crippen molar-refractivity contribution in [2.24, 2.45) is 0 Å². The lowest BCUT2D eigenvalue weighted by atomic mass is 10.1. The van der Waals surface area contributed by atoms with Crippen molar-refractivity contribution in [1.29, 1.82) is 0 Å². The predicted molar refractivity (Wildman–Crippen MR) is 70.7 cm³/mol. The van der Waals surface area contributed by atoms with E-state index in [2.05, 4.69) is 24.1 Å². The van der Waals surface area contributed by atoms with E-state index in [1.54, 1.807) is 11.3 Å². The van der Waals surface area contributed by atoms with Crippen molar-refractivity contribution in [3.05, 3.63) is 11.1 Å². The number of hydrogen-bond acceptors (Lipinski definition) is 4. The Morgan fingerprint density at radius 2 is 2.41 bits per heavy atom. The molecule has 0 bridgehead atoms. The van der Waals surface area contributed by atoms with Gasteiger partial charge >= 0.3 is 5.97 Å². The van der Waals surface area contributed by atoms with Crippen LogP contribution in [0.25, 0.3) is 0 Å². The van der Waals surface area contributed by atoms with Gasteiger partial charge in [-0.25, -0.2) is 4.98 Å². The van der Waals surface area contributed by atoms with Crippen LogP contribution in [0.3, 0.4) is 0 Å². The summed E-state index contributed by atoms with van der Waals surface area (Å²) >= 11 is 1.55. The molecule has 0 fully saturated rings. The summed E-state index contributed by atoms with van der Waals surface area (Å²) in [5, 5.41) is 14.8. The van der Waals surface area contributed by atoms with Gasteiger partial charge in [0, 0.05) is 17.8 Å². The smallest absolute Gasteiger partial charge is 0.303 e. The first-order valence-corrected chi connectivity index (χ1v) is 6.92. The zero-order chi connectivity index (χ0) is 12.7. The number of aryl methyl sites for hydroxylation is 1. The number of nitrogens with one attached hydrogen (secondary N) is 1. The molecule has 0 amide bonds. The predicted octanol–water partition coefficient (Wildman–Crippen LogP) is 3.15. The molecule has 0 aliphatic heterocycles. The average molecular weight is 256 g/mol. The number of aliphatic carboxylic acids is 1. The molecule has 1 atom stereocenters. The van der Waals surface area contributed by atoms with Crippen LogP contribution in [0, 0.1) is 0 Å². The average Bonchev–Trinajstić information content (AvgIpc) is 2.71. The van der Waals surface area contributed by atoms with Crippen LogP contribution in [-0.4, -0.2) is 22.1 Å². The maximum Gasteiger partial charge on any atom is 0.303 e. The minimum absolute atomic E-state index is 0.147. The van der Waals surface area contributed by atoms with Crippen LogP contribution in [0.1, 0.15) is 45.2 Å². The van der Waals surface area contributed by atoms with Crippen molar-refractivity contribution >= 4 is 22.4 Å². The van der Waals surface area contributed by atoms with Crippen LogP contribution < -0.4 is 5.32 Å². The molecule has 0 spiro atoms. The molecule has 5 heteroatoms. The van der Waals surface area contributed by atoms with Gasteiger partial charge in [-0.05, 0) is 13.3 Å². The topological polar surface area (TPSA) is 62.2 Å². The van der Waals surface area contributed by atoms with Crippen LogP contribution in [0.4, 0.5) is 5.13 Å². The second kappa shape index (κ2) is 7.27. The van der Waals surface area contributed by atoms with Crippen LogP contribution in [0.2, 0.25) is 0 Å². The molecule has 1 aromatic rings. The van der Waals surface area contributed by atoms with Crippen molar-refractivity contribution in [1.82, 2.24) is 4.98 Å². The molecule has 1 aromatic heterocycles. The van der Waals surface area contributed by atoms with Gasteiger partial charge in [-0.2, -0.15) is 0 Å². The molecule has 0 saturated heterocycles. The fraction of sp³-hybridized carbons (Fsp3) is 0.667. The number of nitrogens with zero attached hydrogens (tertiary/aromatic N) is 1. The minimum Gasteiger partial charge on any atom is -0.481 e. The maximum absolute atomic E-state index is 10.4. The summed E-state index contributed by atoms with van der Waals surface area (Å²) in [7, 11) is 0. The Morgan fingerprint density at radius 1 is 1.65 bits per heavy atom. The highest BCUT2D eigenvalue weighted by molar-refractivity contribution is 7.13. The molecule has 2 N–H and O–H groups in total. The largest absolute Gasteiger partial charge is 0.481 e. The number of anilines is 1. The van der Waals surface area contributed by atoms with E-state index in [1.807, 2.05) is 5.38 Å². The van der Waals surface area contributed by atoms with Crippen LogP contribution in [0.15, 0.2) is 5.38 Å². The Bertz CT molecular complexity index is 352. The van der Waals surface area contributed by atoms with E-state index >= 15 is 0 Å². The van der Waals surface area contributed by atoms with E-state index < -0.39 is 5.97 Å². The number of aromatic nitrogens is 1. The summed E-state index contributed by atoms with van der Waals surface area (Å²) in [6.07, 6.45) is 4.21. The van der Waals surface area contributed by atoms with Crippen molar-refractivity contribution < 1.29 is 9.90 Å². The molecule has 96 valence electrons. The van der Waals surface area contributed by atoms with Gasteiger partial charge in [0.05, 0.1) is 12.1 Å². The number of hydrogen-bond donors (Lipinski definition) is 2. The number of thiazole rings is 1. The molecule has 1 rings (SSSR count). The summed E-state index contributed by atoms with van der Waals surface area (Å²) in [6, 6.07) is 0.424. The second-order valence-electron chi connectivity index (χ2n) is 4.23. The van der Waals surface area contributed by atoms with E-state index in [0.29, 0.717) is 12.5 Å². The summed E-state index contributed by atoms with van der Waals surface area (Å²) in [5.41, 5.74) is 0.864. The van der Waals surface area contributed by atoms with Gasteiger partial charge in [0.15, 0.2) is 5.13 Å². The van der Waals surface area contributed by atoms with Crippen molar-refractivity contribution in [2.75, 3.05) is 5.32 Å². The Morgan fingerprint density at radius 3 is 3.06 bits per heavy atom. The number of unbranched alkanes of at least 4 members (excludes halogenated alkanes) is 1. The van der Waals surface area contributed by atoms with Crippen molar-refractivity contribution in [3.63, 3.8) is 0 Å².